The number of anilines is 1. The Labute approximate surface area is 171 Å². The number of carbonyl (C=O) groups is 2. The quantitative estimate of drug-likeness (QED) is 0.556. The molecule has 29 heavy (non-hydrogen) atoms. The average Bonchev–Trinajstić information content (AvgIpc) is 2.63. The number of benzene rings is 1. The number of thioether (sulfide) groups is 1. The number of nitriles is 2. The molecule has 0 aromatic heterocycles. The van der Waals surface area contributed by atoms with Crippen LogP contribution in [0.25, 0.3) is 0 Å². The number of hydrogen-bond acceptors (Lipinski definition) is 7. The lowest BCUT2D eigenvalue weighted by Crippen LogP contribution is -2.44. The summed E-state index contributed by atoms with van der Waals surface area (Å²) in [6.07, 6.45) is 0. The maximum atomic E-state index is 12.4. The number of allylic oxidation sites excluding steroid dienone is 1. The Morgan fingerprint density at radius 1 is 1.38 bits per heavy atom. The number of amides is 2. The Bertz CT molecular complexity index is 1020. The molecule has 1 atom stereocenters. The summed E-state index contributed by atoms with van der Waals surface area (Å²) in [6, 6.07) is 6.85. The molecule has 0 bridgehead atoms. The van der Waals surface area contributed by atoms with E-state index in [2.05, 4.69) is 10.6 Å². The van der Waals surface area contributed by atoms with Crippen LogP contribution in [0.5, 0.6) is 0 Å². The summed E-state index contributed by atoms with van der Waals surface area (Å²) in [6.45, 7) is 6.70. The van der Waals surface area contributed by atoms with Crippen molar-refractivity contribution >= 4 is 35.0 Å². The van der Waals surface area contributed by atoms with Crippen molar-refractivity contribution in [2.24, 2.45) is 11.3 Å². The third kappa shape index (κ3) is 4.23. The molecule has 2 amide bonds. The lowest BCUT2D eigenvalue weighted by Gasteiger charge is -2.34. The number of hydrogen-bond donors (Lipinski definition) is 2. The summed E-state index contributed by atoms with van der Waals surface area (Å²) in [5, 5.41) is 35.3. The Kier molecular flexibility index (Phi) is 6.30. The highest BCUT2D eigenvalue weighted by Gasteiger charge is 2.44. The van der Waals surface area contributed by atoms with Crippen molar-refractivity contribution in [3.63, 3.8) is 0 Å². The molecule has 0 unspecified atom stereocenters. The molecule has 2 N–H and O–H groups in total. The highest BCUT2D eigenvalue weighted by molar-refractivity contribution is 8.03. The van der Waals surface area contributed by atoms with Crippen LogP contribution in [0.15, 0.2) is 22.7 Å². The summed E-state index contributed by atoms with van der Waals surface area (Å²) in [5.41, 5.74) is 0.478. The first-order valence-corrected chi connectivity index (χ1v) is 9.55. The van der Waals surface area contributed by atoms with Crippen LogP contribution >= 0.6 is 11.8 Å². The summed E-state index contributed by atoms with van der Waals surface area (Å²) in [7, 11) is 0. The predicted molar refractivity (Wildman–Crippen MR) is 107 cm³/mol. The van der Waals surface area contributed by atoms with Crippen LogP contribution in [0.4, 0.5) is 11.4 Å². The maximum Gasteiger partial charge on any atom is 0.293 e. The van der Waals surface area contributed by atoms with Gasteiger partial charge in [0.05, 0.1) is 33.4 Å². The molecular formula is C19H19N5O4S. The van der Waals surface area contributed by atoms with Crippen LogP contribution < -0.4 is 10.6 Å². The molecule has 2 rings (SSSR count). The largest absolute Gasteiger partial charge is 0.319 e. The van der Waals surface area contributed by atoms with Crippen molar-refractivity contribution in [1.29, 1.82) is 10.5 Å². The monoisotopic (exact) mass is 413 g/mol. The minimum atomic E-state index is -1.02. The van der Waals surface area contributed by atoms with Gasteiger partial charge in [0.25, 0.3) is 5.69 Å². The van der Waals surface area contributed by atoms with Gasteiger partial charge < -0.3 is 10.6 Å². The molecule has 0 saturated carbocycles. The topological polar surface area (TPSA) is 149 Å². The smallest absolute Gasteiger partial charge is 0.293 e. The molecule has 0 radical (unpaired) electrons. The third-order valence-electron chi connectivity index (χ3n) is 4.86. The van der Waals surface area contributed by atoms with E-state index < -0.39 is 28.1 Å². The predicted octanol–water partition coefficient (Wildman–Crippen LogP) is 2.91. The number of carbonyl (C=O) groups excluding carboxylic acids is 2. The van der Waals surface area contributed by atoms with Crippen LogP contribution in [0.2, 0.25) is 0 Å². The van der Waals surface area contributed by atoms with Gasteiger partial charge in [0.2, 0.25) is 11.8 Å². The van der Waals surface area contributed by atoms with Gasteiger partial charge in [0.15, 0.2) is 0 Å². The second-order valence-corrected chi connectivity index (χ2v) is 8.07. The van der Waals surface area contributed by atoms with Crippen molar-refractivity contribution in [1.82, 2.24) is 5.32 Å². The van der Waals surface area contributed by atoms with Crippen LogP contribution in [0, 0.1) is 58.0 Å². The molecule has 1 aromatic rings. The summed E-state index contributed by atoms with van der Waals surface area (Å²) in [4.78, 5) is 35.3. The molecule has 1 heterocycles. The van der Waals surface area contributed by atoms with E-state index in [-0.39, 0.29) is 27.7 Å². The maximum absolute atomic E-state index is 12.4. The number of rotatable bonds is 5. The standard InChI is InChI=1S/C19H19N5O4S/c1-10-5-6-14(24(27)28)16(11(10)2)22-15(25)9-29-18-13(8-21)19(3,4)12(7-20)17(26)23-18/h5-6,12H,9H2,1-4H3,(H,22,25)(H,23,26)/t12-/m1/s1. The van der Waals surface area contributed by atoms with Gasteiger partial charge in [-0.3, -0.25) is 19.7 Å². The van der Waals surface area contributed by atoms with E-state index in [1.165, 1.54) is 6.07 Å². The van der Waals surface area contributed by atoms with Gasteiger partial charge in [-0.1, -0.05) is 31.7 Å². The van der Waals surface area contributed by atoms with E-state index >= 15 is 0 Å². The molecule has 0 fully saturated rings. The summed E-state index contributed by atoms with van der Waals surface area (Å²) in [5.74, 6) is -2.26. The fraction of sp³-hybridized carbons (Fsp3) is 0.368. The van der Waals surface area contributed by atoms with Crippen molar-refractivity contribution in [3.8, 4) is 12.1 Å². The van der Waals surface area contributed by atoms with E-state index in [1.807, 2.05) is 12.1 Å². The van der Waals surface area contributed by atoms with Crippen molar-refractivity contribution in [2.45, 2.75) is 27.7 Å². The normalized spacial score (nSPS) is 17.7. The average molecular weight is 413 g/mol. The van der Waals surface area contributed by atoms with Crippen molar-refractivity contribution in [2.75, 3.05) is 11.1 Å². The second-order valence-electron chi connectivity index (χ2n) is 7.08. The molecule has 1 aliphatic heterocycles. The second kappa shape index (κ2) is 8.33. The Morgan fingerprint density at radius 2 is 2.03 bits per heavy atom. The van der Waals surface area contributed by atoms with Crippen molar-refractivity contribution < 1.29 is 14.5 Å². The first-order chi connectivity index (χ1) is 13.5. The number of nitrogens with one attached hydrogen (secondary N) is 2. The molecule has 0 spiro atoms. The molecule has 9 nitrogen and oxygen atoms in total. The van der Waals surface area contributed by atoms with Gasteiger partial charge in [-0.05, 0) is 25.0 Å². The van der Waals surface area contributed by atoms with Gasteiger partial charge in [0, 0.05) is 11.5 Å². The lowest BCUT2D eigenvalue weighted by molar-refractivity contribution is -0.384. The lowest BCUT2D eigenvalue weighted by atomic mass is 9.72. The van der Waals surface area contributed by atoms with E-state index in [9.17, 15) is 30.2 Å². The first-order valence-electron chi connectivity index (χ1n) is 8.57. The van der Waals surface area contributed by atoms with Crippen LogP contribution in [-0.4, -0.2) is 22.5 Å². The number of aryl methyl sites for hydroxylation is 1. The summed E-state index contributed by atoms with van der Waals surface area (Å²) >= 11 is 0.934. The molecular weight excluding hydrogens is 394 g/mol. The zero-order valence-electron chi connectivity index (χ0n) is 16.3. The molecule has 0 aliphatic carbocycles. The van der Waals surface area contributed by atoms with Gasteiger partial charge in [-0.25, -0.2) is 0 Å². The number of nitro groups is 1. The molecule has 1 aliphatic rings. The van der Waals surface area contributed by atoms with E-state index in [1.54, 1.807) is 33.8 Å². The van der Waals surface area contributed by atoms with Crippen LogP contribution in [-0.2, 0) is 9.59 Å². The molecule has 150 valence electrons. The van der Waals surface area contributed by atoms with Crippen LogP contribution in [0.1, 0.15) is 25.0 Å². The first kappa shape index (κ1) is 21.9. The minimum absolute atomic E-state index is 0.118. The fourth-order valence-electron chi connectivity index (χ4n) is 2.96. The SMILES string of the molecule is Cc1ccc([N+](=O)[O-])c(NC(=O)CSC2=C(C#N)C(C)(C)[C@H](C#N)C(=O)N2)c1C. The third-order valence-corrected chi connectivity index (χ3v) is 5.86. The Hall–Kier alpha value is -3.37. The zero-order valence-corrected chi connectivity index (χ0v) is 17.1. The zero-order chi connectivity index (χ0) is 21.9. The van der Waals surface area contributed by atoms with Crippen LogP contribution in [0.3, 0.4) is 0 Å². The van der Waals surface area contributed by atoms with Crippen molar-refractivity contribution in [3.05, 3.63) is 44.0 Å². The Morgan fingerprint density at radius 3 is 2.59 bits per heavy atom. The van der Waals surface area contributed by atoms with E-state index in [4.69, 9.17) is 0 Å². The summed E-state index contributed by atoms with van der Waals surface area (Å²) < 4.78 is 0. The van der Waals surface area contributed by atoms with Gasteiger partial charge in [-0.2, -0.15) is 10.5 Å². The van der Waals surface area contributed by atoms with Gasteiger partial charge >= 0.3 is 0 Å². The van der Waals surface area contributed by atoms with Gasteiger partial charge in [-0.15, -0.1) is 0 Å². The minimum Gasteiger partial charge on any atom is -0.319 e. The number of nitrogens with zero attached hydrogens (tertiary/aromatic N) is 3. The van der Waals surface area contributed by atoms with E-state index in [0.717, 1.165) is 17.3 Å². The molecule has 0 saturated heterocycles. The van der Waals surface area contributed by atoms with Gasteiger partial charge in [0.1, 0.15) is 11.6 Å². The fourth-order valence-corrected chi connectivity index (χ4v) is 3.93. The molecule has 10 heteroatoms. The Balaban J connectivity index is 2.24. The highest BCUT2D eigenvalue weighted by Crippen LogP contribution is 2.41. The van der Waals surface area contributed by atoms with E-state index in [0.29, 0.717) is 5.56 Å². The highest BCUT2D eigenvalue weighted by atomic mass is 32.2. The number of nitro benzene ring substituents is 1. The molecule has 1 aromatic carbocycles.